The Morgan fingerprint density at radius 2 is 2.14 bits per heavy atom. The zero-order valence-corrected chi connectivity index (χ0v) is 8.72. The second-order valence-electron chi connectivity index (χ2n) is 3.54. The van der Waals surface area contributed by atoms with Gasteiger partial charge in [-0.3, -0.25) is 0 Å². The number of nitrogens with one attached hydrogen (secondary N) is 1. The summed E-state index contributed by atoms with van der Waals surface area (Å²) in [5, 5.41) is 5.72. The molecule has 71 valence electrons. The van der Waals surface area contributed by atoms with Crippen molar-refractivity contribution in [3.05, 3.63) is 46.9 Å². The van der Waals surface area contributed by atoms with E-state index in [0.717, 1.165) is 13.0 Å². The highest BCUT2D eigenvalue weighted by molar-refractivity contribution is 8.11. The van der Waals surface area contributed by atoms with Crippen LogP contribution in [0.4, 0.5) is 5.69 Å². The molecule has 0 aromatic heterocycles. The van der Waals surface area contributed by atoms with Crippen LogP contribution in [0.25, 0.3) is 4.91 Å². The van der Waals surface area contributed by atoms with E-state index in [1.807, 2.05) is 0 Å². The number of rotatable bonds is 0. The summed E-state index contributed by atoms with van der Waals surface area (Å²) in [4.78, 5) is 1.49. The predicted molar refractivity (Wildman–Crippen MR) is 64.6 cm³/mol. The Balaban J connectivity index is 2.18. The molecule has 1 N–H and O–H groups in total. The first-order chi connectivity index (χ1) is 6.95. The van der Waals surface area contributed by atoms with Crippen LogP contribution in [0.1, 0.15) is 12.0 Å². The number of hydrogen-bond acceptors (Lipinski definition) is 1. The van der Waals surface area contributed by atoms with Gasteiger partial charge in [-0.2, -0.15) is 11.8 Å². The molecule has 0 atom stereocenters. The Labute approximate surface area is 87.9 Å². The fourth-order valence-corrected chi connectivity index (χ4v) is 3.07. The van der Waals surface area contributed by atoms with Crippen LogP contribution in [-0.4, -0.2) is 6.54 Å². The van der Waals surface area contributed by atoms with Gasteiger partial charge in [-0.25, -0.2) is 0 Å². The van der Waals surface area contributed by atoms with Gasteiger partial charge in [0.05, 0.1) is 0 Å². The Morgan fingerprint density at radius 3 is 3.14 bits per heavy atom. The summed E-state index contributed by atoms with van der Waals surface area (Å²) in [6, 6.07) is 8.59. The molecular formula is C12H12NS. The normalized spacial score (nSPS) is 18.6. The lowest BCUT2D eigenvalue weighted by Gasteiger charge is -2.08. The monoisotopic (exact) mass is 202 g/mol. The highest BCUT2D eigenvalue weighted by Crippen LogP contribution is 2.42. The van der Waals surface area contributed by atoms with E-state index in [9.17, 15) is 0 Å². The molecule has 2 heteroatoms. The standard InChI is InChI=1S/C12H12NS/c1-2-4-11-10(3-1)12-9(5-7-13-11)6-8-14-12/h1-4,6,8,13-14H,5,7H2. The minimum absolute atomic E-state index is 1.05. The van der Waals surface area contributed by atoms with E-state index in [1.54, 1.807) is 0 Å². The number of para-hydroxylation sites is 1. The first-order valence-corrected chi connectivity index (χ1v) is 5.85. The van der Waals surface area contributed by atoms with Crippen molar-refractivity contribution in [2.45, 2.75) is 6.42 Å². The van der Waals surface area contributed by atoms with Gasteiger partial charge < -0.3 is 5.32 Å². The fourth-order valence-electron chi connectivity index (χ4n) is 1.98. The van der Waals surface area contributed by atoms with Crippen LogP contribution in [0.5, 0.6) is 0 Å². The Kier molecular flexibility index (Phi) is 1.88. The Hall–Kier alpha value is -1.15. The van der Waals surface area contributed by atoms with Gasteiger partial charge in [0.25, 0.3) is 0 Å². The largest absolute Gasteiger partial charge is 0.384 e. The number of hydrogen-bond donors (Lipinski definition) is 2. The minimum Gasteiger partial charge on any atom is -0.384 e. The minimum atomic E-state index is 1.05. The van der Waals surface area contributed by atoms with Gasteiger partial charge in [-0.15, -0.1) is 0 Å². The molecule has 0 amide bonds. The second-order valence-corrected chi connectivity index (χ2v) is 4.54. The van der Waals surface area contributed by atoms with Crippen molar-refractivity contribution in [2.75, 3.05) is 11.9 Å². The summed E-state index contributed by atoms with van der Waals surface area (Å²) >= 11 is 1.35. The number of benzene rings is 1. The lowest BCUT2D eigenvalue weighted by atomic mass is 10.1. The summed E-state index contributed by atoms with van der Waals surface area (Å²) in [6.45, 7) is 1.05. The van der Waals surface area contributed by atoms with Crippen LogP contribution in [-0.2, 0) is 0 Å². The molecule has 1 radical (unpaired) electrons. The predicted octanol–water partition coefficient (Wildman–Crippen LogP) is 3.21. The summed E-state index contributed by atoms with van der Waals surface area (Å²) in [6.07, 6.45) is 3.41. The van der Waals surface area contributed by atoms with E-state index in [-0.39, 0.29) is 0 Å². The maximum absolute atomic E-state index is 3.47. The Bertz CT molecular complexity index is 432. The molecule has 2 aliphatic rings. The zero-order chi connectivity index (χ0) is 9.38. The van der Waals surface area contributed by atoms with Crippen LogP contribution in [0.3, 0.4) is 0 Å². The van der Waals surface area contributed by atoms with E-state index in [4.69, 9.17) is 0 Å². The van der Waals surface area contributed by atoms with Crippen molar-refractivity contribution in [2.24, 2.45) is 0 Å². The molecule has 1 aromatic carbocycles. The maximum Gasteiger partial charge on any atom is 0.0425 e. The molecule has 3 rings (SSSR count). The molecule has 1 nitrogen and oxygen atoms in total. The van der Waals surface area contributed by atoms with Gasteiger partial charge in [0.2, 0.25) is 0 Å². The van der Waals surface area contributed by atoms with Crippen molar-refractivity contribution < 1.29 is 0 Å². The summed E-state index contributed by atoms with van der Waals surface area (Å²) < 4.78 is 0. The van der Waals surface area contributed by atoms with E-state index in [1.165, 1.54) is 33.5 Å². The fraction of sp³-hybridized carbons (Fsp3) is 0.167. The lowest BCUT2D eigenvalue weighted by Crippen LogP contribution is -2.00. The van der Waals surface area contributed by atoms with E-state index >= 15 is 0 Å². The molecule has 0 saturated carbocycles. The van der Waals surface area contributed by atoms with Crippen LogP contribution in [0, 0.1) is 0 Å². The van der Waals surface area contributed by atoms with E-state index < -0.39 is 0 Å². The topological polar surface area (TPSA) is 12.0 Å². The van der Waals surface area contributed by atoms with E-state index in [0.29, 0.717) is 0 Å². The van der Waals surface area contributed by atoms with Crippen molar-refractivity contribution in [3.8, 4) is 0 Å². The molecule has 0 unspecified atom stereocenters. The average molecular weight is 202 g/mol. The number of anilines is 1. The molecule has 2 heterocycles. The van der Waals surface area contributed by atoms with Gasteiger partial charge in [0.1, 0.15) is 0 Å². The molecule has 0 spiro atoms. The SMILES string of the molecule is C1=CC2=C([SH]1)c1ccccc1NCC2. The van der Waals surface area contributed by atoms with Crippen molar-refractivity contribution in [1.82, 2.24) is 0 Å². The third-order valence-corrected chi connectivity index (χ3v) is 3.76. The van der Waals surface area contributed by atoms with Crippen molar-refractivity contribution >= 4 is 22.4 Å². The first kappa shape index (κ1) is 8.18. The third kappa shape index (κ3) is 1.18. The second kappa shape index (κ2) is 3.21. The summed E-state index contributed by atoms with van der Waals surface area (Å²) in [7, 11) is 0. The van der Waals surface area contributed by atoms with Gasteiger partial charge in [-0.05, 0) is 23.5 Å². The van der Waals surface area contributed by atoms with Crippen LogP contribution >= 0.6 is 11.8 Å². The Morgan fingerprint density at radius 1 is 1.21 bits per heavy atom. The molecule has 0 bridgehead atoms. The molecule has 2 aliphatic heterocycles. The number of fused-ring (bicyclic) bond motifs is 2. The number of thiol groups is 1. The third-order valence-electron chi connectivity index (χ3n) is 2.68. The van der Waals surface area contributed by atoms with Crippen LogP contribution in [0.15, 0.2) is 41.3 Å². The smallest absolute Gasteiger partial charge is 0.0425 e. The molecule has 1 aromatic rings. The van der Waals surface area contributed by atoms with Crippen molar-refractivity contribution in [1.29, 1.82) is 0 Å². The summed E-state index contributed by atoms with van der Waals surface area (Å²) in [5.41, 5.74) is 4.17. The van der Waals surface area contributed by atoms with Gasteiger partial charge >= 0.3 is 0 Å². The lowest BCUT2D eigenvalue weighted by molar-refractivity contribution is 1.04. The highest BCUT2D eigenvalue weighted by Gasteiger charge is 2.16. The van der Waals surface area contributed by atoms with Crippen molar-refractivity contribution in [3.63, 3.8) is 0 Å². The van der Waals surface area contributed by atoms with E-state index in [2.05, 4.69) is 41.1 Å². The molecule has 14 heavy (non-hydrogen) atoms. The quantitative estimate of drug-likeness (QED) is 0.616. The van der Waals surface area contributed by atoms with Gasteiger partial charge in [-0.1, -0.05) is 24.3 Å². The average Bonchev–Trinajstić information content (AvgIpc) is 2.61. The molecule has 0 fully saturated rings. The first-order valence-electron chi connectivity index (χ1n) is 4.89. The van der Waals surface area contributed by atoms with Gasteiger partial charge in [0.15, 0.2) is 0 Å². The van der Waals surface area contributed by atoms with Gasteiger partial charge in [0, 0.05) is 22.7 Å². The van der Waals surface area contributed by atoms with Crippen LogP contribution in [0.2, 0.25) is 0 Å². The molecule has 0 aliphatic carbocycles. The molecule has 0 saturated heterocycles. The molecular weight excluding hydrogens is 190 g/mol. The summed E-state index contributed by atoms with van der Waals surface area (Å²) in [5.74, 6) is 0. The number of allylic oxidation sites excluding steroid dienone is 1. The maximum atomic E-state index is 3.47. The highest BCUT2D eigenvalue weighted by atomic mass is 32.2. The van der Waals surface area contributed by atoms with Crippen LogP contribution < -0.4 is 5.32 Å². The zero-order valence-electron chi connectivity index (χ0n) is 7.83.